The fourth-order valence-corrected chi connectivity index (χ4v) is 2.33. The second kappa shape index (κ2) is 6.72. The molecule has 0 aliphatic rings. The number of primary amides is 1. The Labute approximate surface area is 120 Å². The van der Waals surface area contributed by atoms with Gasteiger partial charge in [-0.25, -0.2) is 9.78 Å². The monoisotopic (exact) mass is 288 g/mol. The minimum Gasteiger partial charge on any atom is -0.452 e. The number of ether oxygens (including phenoxy) is 1. The third-order valence-corrected chi connectivity index (χ3v) is 3.32. The van der Waals surface area contributed by atoms with Crippen molar-refractivity contribution >= 4 is 23.6 Å². The van der Waals surface area contributed by atoms with Crippen molar-refractivity contribution in [2.45, 2.75) is 9.92 Å². The Morgan fingerprint density at radius 3 is 2.60 bits per heavy atom. The van der Waals surface area contributed by atoms with Gasteiger partial charge >= 0.3 is 5.97 Å². The lowest BCUT2D eigenvalue weighted by Crippen LogP contribution is -2.21. The normalized spacial score (nSPS) is 10.0. The van der Waals surface area contributed by atoms with Gasteiger partial charge in [0.25, 0.3) is 5.91 Å². The van der Waals surface area contributed by atoms with Gasteiger partial charge in [-0.2, -0.15) is 0 Å². The lowest BCUT2D eigenvalue weighted by Gasteiger charge is -2.07. The van der Waals surface area contributed by atoms with Crippen molar-refractivity contribution in [1.29, 1.82) is 0 Å². The van der Waals surface area contributed by atoms with Crippen molar-refractivity contribution in [3.8, 4) is 0 Å². The number of carbonyl (C=O) groups excluding carboxylic acids is 2. The molecule has 0 atom stereocenters. The maximum atomic E-state index is 11.9. The highest BCUT2D eigenvalue weighted by molar-refractivity contribution is 7.99. The molecule has 0 aliphatic carbocycles. The second-order valence-electron chi connectivity index (χ2n) is 3.81. The molecule has 102 valence electrons. The fraction of sp³-hybridized carbons (Fsp3) is 0.0714. The number of aromatic nitrogens is 1. The summed E-state index contributed by atoms with van der Waals surface area (Å²) < 4.78 is 4.80. The van der Waals surface area contributed by atoms with E-state index in [1.165, 1.54) is 11.8 Å². The maximum Gasteiger partial charge on any atom is 0.341 e. The minimum atomic E-state index is -0.695. The van der Waals surface area contributed by atoms with Crippen LogP contribution < -0.4 is 5.73 Å². The summed E-state index contributed by atoms with van der Waals surface area (Å²) in [6.45, 7) is -0.441. The lowest BCUT2D eigenvalue weighted by atomic mass is 10.3. The van der Waals surface area contributed by atoms with Crippen LogP contribution in [0.5, 0.6) is 0 Å². The molecule has 2 rings (SSSR count). The molecule has 0 saturated heterocycles. The topological polar surface area (TPSA) is 82.3 Å². The largest absolute Gasteiger partial charge is 0.452 e. The van der Waals surface area contributed by atoms with Crippen LogP contribution in [0, 0.1) is 0 Å². The minimum absolute atomic E-state index is 0.308. The van der Waals surface area contributed by atoms with Gasteiger partial charge in [0.2, 0.25) is 0 Å². The Hall–Kier alpha value is -2.34. The average molecular weight is 288 g/mol. The molecule has 0 radical (unpaired) electrons. The van der Waals surface area contributed by atoms with Gasteiger partial charge in [-0.15, -0.1) is 0 Å². The maximum absolute atomic E-state index is 11.9. The standard InChI is InChI=1S/C14H12N2O3S/c15-12(17)9-19-14(18)11-7-4-8-16-13(11)20-10-5-2-1-3-6-10/h1-8H,9H2,(H2,15,17). The molecule has 0 saturated carbocycles. The van der Waals surface area contributed by atoms with Crippen molar-refractivity contribution in [1.82, 2.24) is 4.98 Å². The SMILES string of the molecule is NC(=O)COC(=O)c1cccnc1Sc1ccccc1. The van der Waals surface area contributed by atoms with Crippen molar-refractivity contribution in [2.75, 3.05) is 6.61 Å². The first-order valence-electron chi connectivity index (χ1n) is 5.80. The van der Waals surface area contributed by atoms with E-state index < -0.39 is 18.5 Å². The molecule has 0 spiro atoms. The molecule has 1 aromatic carbocycles. The summed E-state index contributed by atoms with van der Waals surface area (Å²) in [7, 11) is 0. The van der Waals surface area contributed by atoms with Crippen LogP contribution in [0.1, 0.15) is 10.4 Å². The fourth-order valence-electron chi connectivity index (χ4n) is 1.44. The van der Waals surface area contributed by atoms with E-state index in [1.54, 1.807) is 18.3 Å². The molecule has 1 heterocycles. The highest BCUT2D eigenvalue weighted by Crippen LogP contribution is 2.28. The van der Waals surface area contributed by atoms with E-state index in [4.69, 9.17) is 10.5 Å². The van der Waals surface area contributed by atoms with E-state index in [0.717, 1.165) is 4.90 Å². The van der Waals surface area contributed by atoms with Crippen LogP contribution in [-0.4, -0.2) is 23.5 Å². The molecule has 1 aromatic heterocycles. The van der Waals surface area contributed by atoms with Crippen molar-refractivity contribution in [2.24, 2.45) is 5.73 Å². The number of nitrogens with two attached hydrogens (primary N) is 1. The Morgan fingerprint density at radius 2 is 1.90 bits per heavy atom. The summed E-state index contributed by atoms with van der Waals surface area (Å²) in [4.78, 5) is 27.6. The van der Waals surface area contributed by atoms with Gasteiger partial charge < -0.3 is 10.5 Å². The molecule has 2 aromatic rings. The number of esters is 1. The van der Waals surface area contributed by atoms with Gasteiger partial charge in [-0.05, 0) is 24.3 Å². The first kappa shape index (κ1) is 14.1. The van der Waals surface area contributed by atoms with Gasteiger partial charge in [0.05, 0.1) is 5.56 Å². The average Bonchev–Trinajstić information content (AvgIpc) is 2.46. The number of hydrogen-bond acceptors (Lipinski definition) is 5. The summed E-state index contributed by atoms with van der Waals surface area (Å²) in [5, 5.41) is 0.521. The summed E-state index contributed by atoms with van der Waals surface area (Å²) in [6.07, 6.45) is 1.59. The zero-order chi connectivity index (χ0) is 14.4. The van der Waals surface area contributed by atoms with Crippen LogP contribution >= 0.6 is 11.8 Å². The van der Waals surface area contributed by atoms with E-state index >= 15 is 0 Å². The number of rotatable bonds is 5. The number of nitrogens with zero attached hydrogens (tertiary/aromatic N) is 1. The van der Waals surface area contributed by atoms with Crippen LogP contribution in [0.15, 0.2) is 58.6 Å². The van der Waals surface area contributed by atoms with Crippen LogP contribution in [0.3, 0.4) is 0 Å². The Morgan fingerprint density at radius 1 is 1.15 bits per heavy atom. The quantitative estimate of drug-likeness (QED) is 0.849. The highest BCUT2D eigenvalue weighted by atomic mass is 32.2. The zero-order valence-corrected chi connectivity index (χ0v) is 11.3. The van der Waals surface area contributed by atoms with Crippen molar-refractivity contribution in [3.63, 3.8) is 0 Å². The second-order valence-corrected chi connectivity index (χ2v) is 4.88. The molecular formula is C14H12N2O3S. The summed E-state index contributed by atoms with van der Waals surface area (Å²) in [5.41, 5.74) is 5.25. The van der Waals surface area contributed by atoms with Crippen LogP contribution in [0.25, 0.3) is 0 Å². The summed E-state index contributed by atoms with van der Waals surface area (Å²) in [6, 6.07) is 12.8. The molecule has 1 amide bonds. The van der Waals surface area contributed by atoms with Gasteiger partial charge in [0.1, 0.15) is 5.03 Å². The molecule has 0 aliphatic heterocycles. The van der Waals surface area contributed by atoms with Gasteiger partial charge in [0.15, 0.2) is 6.61 Å². The van der Waals surface area contributed by atoms with Crippen molar-refractivity contribution in [3.05, 3.63) is 54.2 Å². The molecule has 5 nitrogen and oxygen atoms in total. The van der Waals surface area contributed by atoms with E-state index in [-0.39, 0.29) is 0 Å². The molecule has 2 N–H and O–H groups in total. The molecular weight excluding hydrogens is 276 g/mol. The molecule has 0 unspecified atom stereocenters. The predicted octanol–water partition coefficient (Wildman–Crippen LogP) is 1.87. The third kappa shape index (κ3) is 3.83. The Balaban J connectivity index is 2.18. The number of amides is 1. The summed E-state index contributed by atoms with van der Waals surface area (Å²) >= 11 is 1.35. The van der Waals surface area contributed by atoms with Crippen LogP contribution in [-0.2, 0) is 9.53 Å². The predicted molar refractivity (Wildman–Crippen MR) is 74.3 cm³/mol. The number of hydrogen-bond donors (Lipinski definition) is 1. The zero-order valence-electron chi connectivity index (χ0n) is 10.5. The first-order chi connectivity index (χ1) is 9.66. The molecule has 0 fully saturated rings. The molecule has 0 bridgehead atoms. The van der Waals surface area contributed by atoms with E-state index in [2.05, 4.69) is 4.98 Å². The molecule has 20 heavy (non-hydrogen) atoms. The van der Waals surface area contributed by atoms with E-state index in [1.807, 2.05) is 30.3 Å². The smallest absolute Gasteiger partial charge is 0.341 e. The summed E-state index contributed by atoms with van der Waals surface area (Å²) in [5.74, 6) is -1.31. The van der Waals surface area contributed by atoms with Gasteiger partial charge in [-0.1, -0.05) is 30.0 Å². The van der Waals surface area contributed by atoms with E-state index in [9.17, 15) is 9.59 Å². The Bertz CT molecular complexity index is 617. The number of carbonyl (C=O) groups is 2. The van der Waals surface area contributed by atoms with Crippen molar-refractivity contribution < 1.29 is 14.3 Å². The van der Waals surface area contributed by atoms with Crippen LogP contribution in [0.2, 0.25) is 0 Å². The lowest BCUT2D eigenvalue weighted by molar-refractivity contribution is -0.121. The number of benzene rings is 1. The van der Waals surface area contributed by atoms with E-state index in [0.29, 0.717) is 10.6 Å². The Kier molecular flexibility index (Phi) is 4.73. The first-order valence-corrected chi connectivity index (χ1v) is 6.62. The molecule has 6 heteroatoms. The number of pyridine rings is 1. The van der Waals surface area contributed by atoms with Crippen LogP contribution in [0.4, 0.5) is 0 Å². The third-order valence-electron chi connectivity index (χ3n) is 2.29. The highest BCUT2D eigenvalue weighted by Gasteiger charge is 2.15. The van der Waals surface area contributed by atoms with Gasteiger partial charge in [-0.3, -0.25) is 4.79 Å². The van der Waals surface area contributed by atoms with Gasteiger partial charge in [0, 0.05) is 11.1 Å².